The van der Waals surface area contributed by atoms with Crippen molar-refractivity contribution in [1.29, 1.82) is 0 Å². The molecule has 7 nitrogen and oxygen atoms in total. The van der Waals surface area contributed by atoms with Gasteiger partial charge in [0.1, 0.15) is 23.9 Å². The summed E-state index contributed by atoms with van der Waals surface area (Å²) in [6.45, 7) is 0.193. The lowest BCUT2D eigenvalue weighted by Crippen LogP contribution is -2.32. The molecular formula is C23H16Br3ClFN3O4. The molecule has 2 N–H and O–H groups in total. The number of nitrogens with one attached hydrogen (secondary N) is 2. The van der Waals surface area contributed by atoms with Crippen LogP contribution in [0.5, 0.6) is 11.5 Å². The van der Waals surface area contributed by atoms with Gasteiger partial charge in [0.2, 0.25) is 0 Å². The lowest BCUT2D eigenvalue weighted by molar-refractivity contribution is -0.136. The van der Waals surface area contributed by atoms with Gasteiger partial charge >= 0.3 is 11.8 Å². The fourth-order valence-corrected chi connectivity index (χ4v) is 5.45. The van der Waals surface area contributed by atoms with Crippen LogP contribution in [-0.2, 0) is 16.2 Å². The van der Waals surface area contributed by atoms with E-state index in [9.17, 15) is 14.0 Å². The highest BCUT2D eigenvalue weighted by Gasteiger charge is 2.14. The van der Waals surface area contributed by atoms with Gasteiger partial charge < -0.3 is 14.8 Å². The molecule has 12 heteroatoms. The average Bonchev–Trinajstić information content (AvgIpc) is 2.80. The molecule has 0 spiro atoms. The summed E-state index contributed by atoms with van der Waals surface area (Å²) < 4.78 is 27.0. The van der Waals surface area contributed by atoms with Gasteiger partial charge in [-0.15, -0.1) is 0 Å². The standard InChI is InChI=1S/C23H16Br3ClFN3O4/c1-34-20-5-2-12(6-13(20)11-35-21-16(25)7-14(24)8-17(21)26)10-29-31-23(33)22(32)30-15-3-4-19(28)18(27)9-15/h2-10H,11H2,1H3,(H,30,32)(H,31,33). The van der Waals surface area contributed by atoms with E-state index < -0.39 is 17.6 Å². The summed E-state index contributed by atoms with van der Waals surface area (Å²) >= 11 is 16.0. The summed E-state index contributed by atoms with van der Waals surface area (Å²) in [5.41, 5.74) is 3.67. The second-order valence-electron chi connectivity index (χ2n) is 6.84. The van der Waals surface area contributed by atoms with Gasteiger partial charge in [-0.25, -0.2) is 9.82 Å². The van der Waals surface area contributed by atoms with E-state index in [1.165, 1.54) is 18.3 Å². The van der Waals surface area contributed by atoms with Crippen molar-refractivity contribution in [2.24, 2.45) is 5.10 Å². The Balaban J connectivity index is 1.64. The van der Waals surface area contributed by atoms with Crippen molar-refractivity contribution in [1.82, 2.24) is 5.43 Å². The fraction of sp³-hybridized carbons (Fsp3) is 0.0870. The van der Waals surface area contributed by atoms with E-state index in [4.69, 9.17) is 21.1 Å². The molecule has 182 valence electrons. The Morgan fingerprint density at radius 1 is 1.06 bits per heavy atom. The van der Waals surface area contributed by atoms with Crippen molar-refractivity contribution < 1.29 is 23.5 Å². The lowest BCUT2D eigenvalue weighted by atomic mass is 10.1. The van der Waals surface area contributed by atoms with Gasteiger partial charge in [0.25, 0.3) is 0 Å². The number of methoxy groups -OCH3 is 1. The number of rotatable bonds is 7. The maximum atomic E-state index is 13.2. The van der Waals surface area contributed by atoms with Gasteiger partial charge in [-0.2, -0.15) is 5.10 Å². The molecule has 0 saturated carbocycles. The minimum atomic E-state index is -1.01. The predicted molar refractivity (Wildman–Crippen MR) is 143 cm³/mol. The monoisotopic (exact) mass is 689 g/mol. The molecule has 2 amide bonds. The fourth-order valence-electron chi connectivity index (χ4n) is 2.79. The maximum Gasteiger partial charge on any atom is 0.329 e. The molecule has 0 unspecified atom stereocenters. The summed E-state index contributed by atoms with van der Waals surface area (Å²) in [6.07, 6.45) is 1.37. The Bertz CT molecular complexity index is 1280. The predicted octanol–water partition coefficient (Wildman–Crippen LogP) is 6.44. The number of hydrazone groups is 1. The second-order valence-corrected chi connectivity index (χ2v) is 9.87. The van der Waals surface area contributed by atoms with E-state index in [1.54, 1.807) is 25.3 Å². The minimum absolute atomic E-state index is 0.171. The van der Waals surface area contributed by atoms with Crippen molar-refractivity contribution in [3.8, 4) is 11.5 Å². The first kappa shape index (κ1) is 27.1. The van der Waals surface area contributed by atoms with Crippen molar-refractivity contribution in [3.05, 3.63) is 83.9 Å². The summed E-state index contributed by atoms with van der Waals surface area (Å²) in [4.78, 5) is 24.0. The van der Waals surface area contributed by atoms with E-state index >= 15 is 0 Å². The molecule has 3 aromatic carbocycles. The van der Waals surface area contributed by atoms with Crippen LogP contribution < -0.4 is 20.2 Å². The quantitative estimate of drug-likeness (QED) is 0.170. The second kappa shape index (κ2) is 12.5. The van der Waals surface area contributed by atoms with Gasteiger partial charge in [0, 0.05) is 15.7 Å². The molecule has 0 saturated heterocycles. The van der Waals surface area contributed by atoms with Gasteiger partial charge in [0.05, 0.1) is 27.3 Å². The molecule has 3 rings (SSSR count). The summed E-state index contributed by atoms with van der Waals surface area (Å²) in [6, 6.07) is 12.5. The van der Waals surface area contributed by atoms with Gasteiger partial charge in [-0.05, 0) is 86.0 Å². The highest BCUT2D eigenvalue weighted by atomic mass is 79.9. The van der Waals surface area contributed by atoms with E-state index in [-0.39, 0.29) is 17.3 Å². The first-order valence-electron chi connectivity index (χ1n) is 9.71. The molecule has 0 fully saturated rings. The van der Waals surface area contributed by atoms with Gasteiger partial charge in [0.15, 0.2) is 0 Å². The number of hydrogen-bond acceptors (Lipinski definition) is 5. The Labute approximate surface area is 230 Å². The third-order valence-electron chi connectivity index (χ3n) is 4.40. The third kappa shape index (κ3) is 7.50. The number of anilines is 1. The van der Waals surface area contributed by atoms with Crippen LogP contribution in [0.4, 0.5) is 10.1 Å². The van der Waals surface area contributed by atoms with Crippen LogP contribution in [0.15, 0.2) is 67.1 Å². The number of ether oxygens (including phenoxy) is 2. The van der Waals surface area contributed by atoms with Crippen LogP contribution in [0.1, 0.15) is 11.1 Å². The normalized spacial score (nSPS) is 10.8. The van der Waals surface area contributed by atoms with Crippen LogP contribution in [0.3, 0.4) is 0 Å². The van der Waals surface area contributed by atoms with Crippen molar-refractivity contribution >= 4 is 83.1 Å². The molecule has 0 radical (unpaired) electrons. The molecule has 35 heavy (non-hydrogen) atoms. The molecule has 3 aromatic rings. The lowest BCUT2D eigenvalue weighted by Gasteiger charge is -2.13. The molecule has 0 atom stereocenters. The first-order chi connectivity index (χ1) is 16.7. The smallest absolute Gasteiger partial charge is 0.329 e. The largest absolute Gasteiger partial charge is 0.496 e. The molecule has 0 bridgehead atoms. The maximum absolute atomic E-state index is 13.2. The van der Waals surface area contributed by atoms with Crippen molar-refractivity contribution in [2.75, 3.05) is 12.4 Å². The zero-order valence-electron chi connectivity index (χ0n) is 17.9. The Morgan fingerprint density at radius 3 is 2.43 bits per heavy atom. The number of carbonyl (C=O) groups excluding carboxylic acids is 2. The van der Waals surface area contributed by atoms with Crippen LogP contribution in [0, 0.1) is 5.82 Å². The molecule has 0 aliphatic heterocycles. The number of nitrogens with zero attached hydrogens (tertiary/aromatic N) is 1. The third-order valence-corrected chi connectivity index (χ3v) is 6.33. The number of halogens is 5. The highest BCUT2D eigenvalue weighted by Crippen LogP contribution is 2.37. The first-order valence-corrected chi connectivity index (χ1v) is 12.5. The number of carbonyl (C=O) groups is 2. The molecule has 0 aliphatic carbocycles. The molecular weight excluding hydrogens is 676 g/mol. The molecule has 0 aliphatic rings. The van der Waals surface area contributed by atoms with Gasteiger partial charge in [-0.1, -0.05) is 27.5 Å². The molecule has 0 aromatic heterocycles. The van der Waals surface area contributed by atoms with Crippen molar-refractivity contribution in [2.45, 2.75) is 6.61 Å². The number of benzene rings is 3. The van der Waals surface area contributed by atoms with Crippen LogP contribution >= 0.6 is 59.4 Å². The SMILES string of the molecule is COc1ccc(C=NNC(=O)C(=O)Nc2ccc(F)c(Cl)c2)cc1COc1c(Br)cc(Br)cc1Br. The number of hydrogen-bond donors (Lipinski definition) is 2. The van der Waals surface area contributed by atoms with E-state index in [1.807, 2.05) is 12.1 Å². The summed E-state index contributed by atoms with van der Waals surface area (Å²) in [5, 5.41) is 5.94. The zero-order valence-corrected chi connectivity index (χ0v) is 23.4. The number of amides is 2. The van der Waals surface area contributed by atoms with Gasteiger partial charge in [-0.3, -0.25) is 9.59 Å². The van der Waals surface area contributed by atoms with Crippen LogP contribution in [-0.4, -0.2) is 25.1 Å². The topological polar surface area (TPSA) is 89.0 Å². The Hall–Kier alpha value is -2.47. The van der Waals surface area contributed by atoms with E-state index in [0.29, 0.717) is 17.1 Å². The van der Waals surface area contributed by atoms with Crippen LogP contribution in [0.2, 0.25) is 5.02 Å². The summed E-state index contributed by atoms with van der Waals surface area (Å²) in [5.74, 6) is -1.41. The minimum Gasteiger partial charge on any atom is -0.496 e. The average molecular weight is 693 g/mol. The van der Waals surface area contributed by atoms with E-state index in [2.05, 4.69) is 63.6 Å². The van der Waals surface area contributed by atoms with E-state index in [0.717, 1.165) is 25.0 Å². The molecule has 0 heterocycles. The van der Waals surface area contributed by atoms with Crippen molar-refractivity contribution in [3.63, 3.8) is 0 Å². The zero-order chi connectivity index (χ0) is 25.5. The van der Waals surface area contributed by atoms with Crippen LogP contribution in [0.25, 0.3) is 0 Å². The highest BCUT2D eigenvalue weighted by molar-refractivity contribution is 9.11. The summed E-state index contributed by atoms with van der Waals surface area (Å²) in [7, 11) is 1.55. The Morgan fingerprint density at radius 2 is 1.77 bits per heavy atom. The Kier molecular flexibility index (Phi) is 9.67.